The normalized spacial score (nSPS) is 23.7. The van der Waals surface area contributed by atoms with E-state index in [1.54, 1.807) is 0 Å². The Hall–Kier alpha value is -2.23. The summed E-state index contributed by atoms with van der Waals surface area (Å²) in [7, 11) is 0. The SMILES string of the molecule is CCCCCCCCC1CCC(C2CCC(C(=O)Oc3ccc(-c4ncc(CCC)cn4)cc3)CC2)CC1. The Bertz CT molecular complexity index is 939. The van der Waals surface area contributed by atoms with Gasteiger partial charge in [0.15, 0.2) is 5.82 Å². The maximum absolute atomic E-state index is 12.9. The lowest BCUT2D eigenvalue weighted by Gasteiger charge is -2.37. The van der Waals surface area contributed by atoms with E-state index in [9.17, 15) is 4.79 Å². The number of ether oxygens (including phenoxy) is 1. The summed E-state index contributed by atoms with van der Waals surface area (Å²) in [5.41, 5.74) is 2.10. The smallest absolute Gasteiger partial charge is 0.314 e. The predicted molar refractivity (Wildman–Crippen MR) is 156 cm³/mol. The number of benzene rings is 1. The van der Waals surface area contributed by atoms with Gasteiger partial charge in [0.25, 0.3) is 0 Å². The Morgan fingerprint density at radius 2 is 1.37 bits per heavy atom. The van der Waals surface area contributed by atoms with Gasteiger partial charge in [-0.3, -0.25) is 4.79 Å². The van der Waals surface area contributed by atoms with Gasteiger partial charge < -0.3 is 4.74 Å². The third kappa shape index (κ3) is 8.64. The molecular formula is C34H50N2O2. The van der Waals surface area contributed by atoms with Crippen LogP contribution in [-0.4, -0.2) is 15.9 Å². The molecule has 2 aliphatic rings. The number of aryl methyl sites for hydroxylation is 1. The molecule has 0 radical (unpaired) electrons. The summed E-state index contributed by atoms with van der Waals surface area (Å²) in [6, 6.07) is 7.62. The number of esters is 1. The van der Waals surface area contributed by atoms with Crippen LogP contribution in [0.2, 0.25) is 0 Å². The molecule has 1 heterocycles. The molecule has 0 bridgehead atoms. The van der Waals surface area contributed by atoms with Crippen molar-refractivity contribution in [1.82, 2.24) is 9.97 Å². The van der Waals surface area contributed by atoms with Gasteiger partial charge in [0, 0.05) is 18.0 Å². The largest absolute Gasteiger partial charge is 0.426 e. The van der Waals surface area contributed by atoms with Gasteiger partial charge in [-0.15, -0.1) is 0 Å². The molecule has 0 amide bonds. The number of rotatable bonds is 13. The zero-order valence-electron chi connectivity index (χ0n) is 24.0. The van der Waals surface area contributed by atoms with Crippen LogP contribution in [-0.2, 0) is 11.2 Å². The average molecular weight is 519 g/mol. The summed E-state index contributed by atoms with van der Waals surface area (Å²) in [6.45, 7) is 4.45. The Morgan fingerprint density at radius 1 is 0.763 bits per heavy atom. The van der Waals surface area contributed by atoms with E-state index in [-0.39, 0.29) is 11.9 Å². The Kier molecular flexibility index (Phi) is 11.6. The molecule has 0 spiro atoms. The van der Waals surface area contributed by atoms with Crippen LogP contribution in [0, 0.1) is 23.7 Å². The second kappa shape index (κ2) is 15.4. The second-order valence-electron chi connectivity index (χ2n) is 12.1. The van der Waals surface area contributed by atoms with Crippen molar-refractivity contribution in [2.75, 3.05) is 0 Å². The number of carbonyl (C=O) groups excluding carboxylic acids is 1. The molecule has 2 aromatic rings. The highest BCUT2D eigenvalue weighted by Gasteiger charge is 2.33. The molecule has 2 saturated carbocycles. The molecular weight excluding hydrogens is 468 g/mol. The first-order valence-electron chi connectivity index (χ1n) is 15.8. The maximum Gasteiger partial charge on any atom is 0.314 e. The highest BCUT2D eigenvalue weighted by Crippen LogP contribution is 2.42. The minimum atomic E-state index is -0.0565. The zero-order valence-corrected chi connectivity index (χ0v) is 24.0. The van der Waals surface area contributed by atoms with Crippen LogP contribution in [0.25, 0.3) is 11.4 Å². The van der Waals surface area contributed by atoms with Crippen LogP contribution in [0.5, 0.6) is 5.75 Å². The molecule has 0 atom stereocenters. The minimum absolute atomic E-state index is 0.0458. The van der Waals surface area contributed by atoms with Gasteiger partial charge >= 0.3 is 5.97 Å². The van der Waals surface area contributed by atoms with Crippen LogP contribution in [0.1, 0.15) is 122 Å². The van der Waals surface area contributed by atoms with E-state index in [1.165, 1.54) is 83.5 Å². The van der Waals surface area contributed by atoms with Gasteiger partial charge in [-0.05, 0) is 92.5 Å². The molecule has 4 heteroatoms. The van der Waals surface area contributed by atoms with E-state index < -0.39 is 0 Å². The molecule has 4 nitrogen and oxygen atoms in total. The van der Waals surface area contributed by atoms with Crippen molar-refractivity contribution in [3.63, 3.8) is 0 Å². The average Bonchev–Trinajstić information content (AvgIpc) is 2.96. The first-order valence-corrected chi connectivity index (χ1v) is 15.8. The van der Waals surface area contributed by atoms with E-state index in [1.807, 2.05) is 36.7 Å². The van der Waals surface area contributed by atoms with Gasteiger partial charge in [0.2, 0.25) is 0 Å². The summed E-state index contributed by atoms with van der Waals surface area (Å²) in [4.78, 5) is 21.9. The number of carbonyl (C=O) groups is 1. The topological polar surface area (TPSA) is 52.1 Å². The van der Waals surface area contributed by atoms with E-state index in [0.717, 1.165) is 54.6 Å². The van der Waals surface area contributed by atoms with Crippen molar-refractivity contribution in [1.29, 1.82) is 0 Å². The molecule has 2 fully saturated rings. The third-order valence-electron chi connectivity index (χ3n) is 9.20. The van der Waals surface area contributed by atoms with Crippen molar-refractivity contribution >= 4 is 5.97 Å². The molecule has 38 heavy (non-hydrogen) atoms. The molecule has 208 valence electrons. The Labute approximate surface area is 231 Å². The zero-order chi connectivity index (χ0) is 26.6. The number of aromatic nitrogens is 2. The fraction of sp³-hybridized carbons (Fsp3) is 0.676. The first kappa shape index (κ1) is 28.8. The van der Waals surface area contributed by atoms with Crippen LogP contribution in [0.15, 0.2) is 36.7 Å². The summed E-state index contributed by atoms with van der Waals surface area (Å²) in [6.07, 6.45) is 25.9. The van der Waals surface area contributed by atoms with E-state index in [4.69, 9.17) is 4.74 Å². The minimum Gasteiger partial charge on any atom is -0.426 e. The van der Waals surface area contributed by atoms with Gasteiger partial charge in [-0.1, -0.05) is 78.1 Å². The van der Waals surface area contributed by atoms with Crippen molar-refractivity contribution < 1.29 is 9.53 Å². The first-order chi connectivity index (χ1) is 18.7. The number of hydrogen-bond acceptors (Lipinski definition) is 4. The van der Waals surface area contributed by atoms with Crippen LogP contribution in [0.4, 0.5) is 0 Å². The molecule has 0 N–H and O–H groups in total. The number of hydrogen-bond donors (Lipinski definition) is 0. The fourth-order valence-electron chi connectivity index (χ4n) is 6.78. The molecule has 4 rings (SSSR count). The van der Waals surface area contributed by atoms with E-state index in [2.05, 4.69) is 23.8 Å². The van der Waals surface area contributed by atoms with Gasteiger partial charge in [0.1, 0.15) is 5.75 Å². The standard InChI is InChI=1S/C34H50N2O2/c1-3-5-6-7-8-9-11-26-12-14-28(15-13-26)29-16-18-31(19-17-29)34(37)38-32-22-20-30(21-23-32)33-35-24-27(10-4-2)25-36-33/h20-26,28-29,31H,3-19H2,1-2H3. The lowest BCUT2D eigenvalue weighted by molar-refractivity contribution is -0.140. The van der Waals surface area contributed by atoms with E-state index in [0.29, 0.717) is 11.6 Å². The molecule has 0 unspecified atom stereocenters. The summed E-state index contributed by atoms with van der Waals surface area (Å²) in [5, 5.41) is 0. The predicted octanol–water partition coefficient (Wildman–Crippen LogP) is 9.36. The third-order valence-corrected chi connectivity index (χ3v) is 9.20. The van der Waals surface area contributed by atoms with Crippen molar-refractivity contribution in [2.45, 2.75) is 123 Å². The van der Waals surface area contributed by atoms with Crippen molar-refractivity contribution in [2.24, 2.45) is 23.7 Å². The lowest BCUT2D eigenvalue weighted by atomic mass is 9.68. The summed E-state index contributed by atoms with van der Waals surface area (Å²) < 4.78 is 5.78. The molecule has 0 aliphatic heterocycles. The van der Waals surface area contributed by atoms with Gasteiger partial charge in [0.05, 0.1) is 5.92 Å². The Morgan fingerprint density at radius 3 is 2.00 bits per heavy atom. The number of nitrogens with zero attached hydrogens (tertiary/aromatic N) is 2. The highest BCUT2D eigenvalue weighted by molar-refractivity contribution is 5.75. The maximum atomic E-state index is 12.9. The van der Waals surface area contributed by atoms with Crippen LogP contribution >= 0.6 is 0 Å². The van der Waals surface area contributed by atoms with Crippen molar-refractivity contribution in [3.05, 3.63) is 42.2 Å². The quantitative estimate of drug-likeness (QED) is 0.151. The Balaban J connectivity index is 1.14. The monoisotopic (exact) mass is 518 g/mol. The van der Waals surface area contributed by atoms with Crippen molar-refractivity contribution in [3.8, 4) is 17.1 Å². The fourth-order valence-corrected chi connectivity index (χ4v) is 6.78. The van der Waals surface area contributed by atoms with E-state index >= 15 is 0 Å². The summed E-state index contributed by atoms with van der Waals surface area (Å²) >= 11 is 0. The lowest BCUT2D eigenvalue weighted by Crippen LogP contribution is -2.30. The highest BCUT2D eigenvalue weighted by atomic mass is 16.5. The molecule has 2 aliphatic carbocycles. The van der Waals surface area contributed by atoms with Gasteiger partial charge in [-0.2, -0.15) is 0 Å². The molecule has 1 aromatic carbocycles. The molecule has 1 aromatic heterocycles. The van der Waals surface area contributed by atoms with Crippen LogP contribution in [0.3, 0.4) is 0 Å². The number of unbranched alkanes of at least 4 members (excludes halogenated alkanes) is 5. The second-order valence-corrected chi connectivity index (χ2v) is 12.1. The van der Waals surface area contributed by atoms with Gasteiger partial charge in [-0.25, -0.2) is 9.97 Å². The molecule has 0 saturated heterocycles. The summed E-state index contributed by atoms with van der Waals surface area (Å²) in [5.74, 6) is 3.99. The van der Waals surface area contributed by atoms with Crippen LogP contribution < -0.4 is 4.74 Å².